The van der Waals surface area contributed by atoms with Gasteiger partial charge in [0.15, 0.2) is 0 Å². The van der Waals surface area contributed by atoms with Crippen molar-refractivity contribution < 1.29 is 17.9 Å². The summed E-state index contributed by atoms with van der Waals surface area (Å²) >= 11 is 0. The van der Waals surface area contributed by atoms with Crippen molar-refractivity contribution in [2.75, 3.05) is 46.2 Å². The summed E-state index contributed by atoms with van der Waals surface area (Å²) in [5, 5.41) is 4.55. The normalized spacial score (nSPS) is 20.0. The first-order valence-corrected chi connectivity index (χ1v) is 12.5. The molecule has 11 heteroatoms. The molecule has 0 bridgehead atoms. The van der Waals surface area contributed by atoms with Crippen molar-refractivity contribution in [1.29, 1.82) is 0 Å². The zero-order chi connectivity index (χ0) is 21.9. The molecule has 3 rings (SSSR count). The van der Waals surface area contributed by atoms with Crippen molar-refractivity contribution in [3.8, 4) is 0 Å². The number of carbonyl (C=O) groups is 1. The van der Waals surface area contributed by atoms with E-state index in [0.717, 1.165) is 18.7 Å². The summed E-state index contributed by atoms with van der Waals surface area (Å²) in [5.41, 5.74) is -0.110. The second-order valence-corrected chi connectivity index (χ2v) is 10.1. The summed E-state index contributed by atoms with van der Waals surface area (Å²) in [4.78, 5) is 27.4. The summed E-state index contributed by atoms with van der Waals surface area (Å²) in [6.45, 7) is 5.47. The van der Waals surface area contributed by atoms with E-state index in [2.05, 4.69) is 5.10 Å². The third-order valence-electron chi connectivity index (χ3n) is 6.22. The van der Waals surface area contributed by atoms with Gasteiger partial charge in [-0.1, -0.05) is 0 Å². The average molecular weight is 444 g/mol. The summed E-state index contributed by atoms with van der Waals surface area (Å²) in [7, 11) is -1.59. The first-order valence-electron chi connectivity index (χ1n) is 10.7. The van der Waals surface area contributed by atoms with Crippen LogP contribution < -0.4 is 5.69 Å². The van der Waals surface area contributed by atoms with E-state index < -0.39 is 10.0 Å². The number of aromatic nitrogens is 3. The van der Waals surface area contributed by atoms with Gasteiger partial charge in [-0.2, -0.15) is 5.10 Å². The molecule has 30 heavy (non-hydrogen) atoms. The minimum absolute atomic E-state index is 0.110. The molecule has 2 fully saturated rings. The summed E-state index contributed by atoms with van der Waals surface area (Å²) < 4.78 is 33.0. The fourth-order valence-corrected chi connectivity index (χ4v) is 5.31. The lowest BCUT2D eigenvalue weighted by molar-refractivity contribution is -0.137. The Bertz CT molecular complexity index is 893. The van der Waals surface area contributed by atoms with E-state index in [1.165, 1.54) is 15.2 Å². The molecule has 0 aliphatic carbocycles. The lowest BCUT2D eigenvalue weighted by Crippen LogP contribution is -2.46. The number of amides is 1. The Hall–Kier alpha value is -1.72. The smallest absolute Gasteiger partial charge is 0.345 e. The van der Waals surface area contributed by atoms with E-state index in [-0.39, 0.29) is 23.4 Å². The number of nitrogens with zero attached hydrogens (tertiary/aromatic N) is 5. The molecule has 10 nitrogen and oxygen atoms in total. The van der Waals surface area contributed by atoms with Gasteiger partial charge in [-0.05, 0) is 32.6 Å². The SMILES string of the molecule is CCn1c(C2CCN(C(=O)C3CCN(S(C)(=O)=O)CC3)CC2)nn(CCOC)c1=O. The van der Waals surface area contributed by atoms with Crippen LogP contribution in [0.1, 0.15) is 44.3 Å². The van der Waals surface area contributed by atoms with E-state index in [9.17, 15) is 18.0 Å². The first-order chi connectivity index (χ1) is 14.3. The topological polar surface area (TPSA) is 107 Å². The molecule has 1 aromatic heterocycles. The van der Waals surface area contributed by atoms with Crippen LogP contribution in [0.4, 0.5) is 0 Å². The quantitative estimate of drug-likeness (QED) is 0.591. The van der Waals surface area contributed by atoms with Gasteiger partial charge in [0.05, 0.1) is 19.4 Å². The van der Waals surface area contributed by atoms with Crippen LogP contribution in [0.15, 0.2) is 4.79 Å². The monoisotopic (exact) mass is 443 g/mol. The van der Waals surface area contributed by atoms with Crippen molar-refractivity contribution in [2.45, 2.75) is 51.6 Å². The molecule has 3 heterocycles. The molecular weight excluding hydrogens is 410 g/mol. The number of methoxy groups -OCH3 is 1. The average Bonchev–Trinajstić information content (AvgIpc) is 3.06. The van der Waals surface area contributed by atoms with Gasteiger partial charge < -0.3 is 9.64 Å². The standard InChI is InChI=1S/C19H33N5O5S/c1-4-23-17(20-24(19(23)26)13-14-29-2)15-5-9-21(10-6-15)18(25)16-7-11-22(12-8-16)30(3,27)28/h15-16H,4-14H2,1-3H3. The van der Waals surface area contributed by atoms with Gasteiger partial charge in [0.1, 0.15) is 5.82 Å². The van der Waals surface area contributed by atoms with E-state index >= 15 is 0 Å². The number of piperidine rings is 2. The van der Waals surface area contributed by atoms with Crippen molar-refractivity contribution in [3.63, 3.8) is 0 Å². The molecule has 0 N–H and O–H groups in total. The van der Waals surface area contributed by atoms with Crippen molar-refractivity contribution in [1.82, 2.24) is 23.6 Å². The highest BCUT2D eigenvalue weighted by molar-refractivity contribution is 7.88. The number of hydrogen-bond acceptors (Lipinski definition) is 6. The Morgan fingerprint density at radius 1 is 1.13 bits per heavy atom. The van der Waals surface area contributed by atoms with Gasteiger partial charge in [0.25, 0.3) is 0 Å². The highest BCUT2D eigenvalue weighted by Gasteiger charge is 2.34. The second-order valence-electron chi connectivity index (χ2n) is 8.14. The van der Waals surface area contributed by atoms with Gasteiger partial charge >= 0.3 is 5.69 Å². The minimum atomic E-state index is -3.19. The van der Waals surface area contributed by atoms with E-state index in [1.807, 2.05) is 11.8 Å². The Balaban J connectivity index is 1.59. The van der Waals surface area contributed by atoms with Crippen LogP contribution in [0.25, 0.3) is 0 Å². The summed E-state index contributed by atoms with van der Waals surface area (Å²) in [6, 6.07) is 0. The Morgan fingerprint density at radius 2 is 1.77 bits per heavy atom. The van der Waals surface area contributed by atoms with Gasteiger partial charge in [-0.3, -0.25) is 9.36 Å². The highest BCUT2D eigenvalue weighted by Crippen LogP contribution is 2.29. The molecule has 1 aromatic rings. The zero-order valence-electron chi connectivity index (χ0n) is 18.1. The first kappa shape index (κ1) is 23.0. The van der Waals surface area contributed by atoms with Crippen molar-refractivity contribution in [2.24, 2.45) is 5.92 Å². The summed E-state index contributed by atoms with van der Waals surface area (Å²) in [6.07, 6.45) is 3.91. The maximum atomic E-state index is 12.9. The van der Waals surface area contributed by atoms with Gasteiger partial charge in [-0.15, -0.1) is 0 Å². The maximum absolute atomic E-state index is 12.9. The lowest BCUT2D eigenvalue weighted by atomic mass is 9.92. The van der Waals surface area contributed by atoms with Gasteiger partial charge in [0.2, 0.25) is 15.9 Å². The minimum Gasteiger partial charge on any atom is -0.383 e. The number of carbonyl (C=O) groups excluding carboxylic acids is 1. The third kappa shape index (κ3) is 4.94. The van der Waals surface area contributed by atoms with Crippen molar-refractivity contribution >= 4 is 15.9 Å². The Morgan fingerprint density at radius 3 is 2.30 bits per heavy atom. The molecule has 0 aromatic carbocycles. The Kier molecular flexibility index (Phi) is 7.35. The Labute approximate surface area is 177 Å². The van der Waals surface area contributed by atoms with Crippen molar-refractivity contribution in [3.05, 3.63) is 16.3 Å². The van der Waals surface area contributed by atoms with Crippen LogP contribution in [-0.4, -0.2) is 84.0 Å². The molecule has 170 valence electrons. The predicted molar refractivity (Wildman–Crippen MR) is 112 cm³/mol. The van der Waals surface area contributed by atoms with E-state index in [1.54, 1.807) is 11.7 Å². The van der Waals surface area contributed by atoms with Gasteiger partial charge in [0, 0.05) is 51.7 Å². The molecule has 0 unspecified atom stereocenters. The number of likely N-dealkylation sites (tertiary alicyclic amines) is 1. The van der Waals surface area contributed by atoms with Crippen LogP contribution in [0.2, 0.25) is 0 Å². The molecule has 0 saturated carbocycles. The fourth-order valence-electron chi connectivity index (χ4n) is 4.43. The highest BCUT2D eigenvalue weighted by atomic mass is 32.2. The number of hydrogen-bond donors (Lipinski definition) is 0. The zero-order valence-corrected chi connectivity index (χ0v) is 18.9. The van der Waals surface area contributed by atoms with Crippen LogP contribution in [0.3, 0.4) is 0 Å². The van der Waals surface area contributed by atoms with E-state index in [0.29, 0.717) is 58.7 Å². The molecule has 2 aliphatic rings. The van der Waals surface area contributed by atoms with Gasteiger partial charge in [-0.25, -0.2) is 22.2 Å². The molecule has 1 amide bonds. The number of sulfonamides is 1. The van der Waals surface area contributed by atoms with Crippen LogP contribution in [0, 0.1) is 5.92 Å². The number of ether oxygens (including phenoxy) is 1. The third-order valence-corrected chi connectivity index (χ3v) is 7.52. The molecule has 0 radical (unpaired) electrons. The molecule has 0 atom stereocenters. The fraction of sp³-hybridized carbons (Fsp3) is 0.842. The largest absolute Gasteiger partial charge is 0.383 e. The maximum Gasteiger partial charge on any atom is 0.345 e. The van der Waals surface area contributed by atoms with Crippen LogP contribution in [0.5, 0.6) is 0 Å². The van der Waals surface area contributed by atoms with Crippen LogP contribution >= 0.6 is 0 Å². The van der Waals surface area contributed by atoms with E-state index in [4.69, 9.17) is 4.74 Å². The molecule has 0 spiro atoms. The summed E-state index contributed by atoms with van der Waals surface area (Å²) in [5.74, 6) is 0.964. The molecular formula is C19H33N5O5S. The molecule has 2 aliphatic heterocycles. The molecule has 2 saturated heterocycles. The second kappa shape index (κ2) is 9.61. The predicted octanol–water partition coefficient (Wildman–Crippen LogP) is 0.0887. The van der Waals surface area contributed by atoms with Crippen LogP contribution in [-0.2, 0) is 32.6 Å². The number of rotatable bonds is 7. The lowest BCUT2D eigenvalue weighted by Gasteiger charge is -2.36.